The third-order valence-corrected chi connectivity index (χ3v) is 8.74. The van der Waals surface area contributed by atoms with Crippen molar-refractivity contribution in [3.8, 4) is 0 Å². The van der Waals surface area contributed by atoms with Gasteiger partial charge in [0, 0.05) is 50.6 Å². The van der Waals surface area contributed by atoms with Gasteiger partial charge in [-0.05, 0) is 60.7 Å². The van der Waals surface area contributed by atoms with Gasteiger partial charge in [-0.25, -0.2) is 12.8 Å². The summed E-state index contributed by atoms with van der Waals surface area (Å²) in [5.41, 5.74) is 1.26. The smallest absolute Gasteiger partial charge is 0.243 e. The van der Waals surface area contributed by atoms with Crippen LogP contribution in [-0.2, 0) is 27.8 Å². The van der Waals surface area contributed by atoms with Crippen molar-refractivity contribution < 1.29 is 17.6 Å². The van der Waals surface area contributed by atoms with E-state index in [0.29, 0.717) is 45.6 Å². The van der Waals surface area contributed by atoms with Gasteiger partial charge in [0.15, 0.2) is 0 Å². The summed E-state index contributed by atoms with van der Waals surface area (Å²) in [6.45, 7) is 4.25. The number of carbonyl (C=O) groups excluding carboxylic acids is 1. The number of benzene rings is 1. The Balaban J connectivity index is 1.29. The summed E-state index contributed by atoms with van der Waals surface area (Å²) >= 11 is 1.76. The molecule has 1 aromatic heterocycles. The van der Waals surface area contributed by atoms with Crippen LogP contribution in [0.1, 0.15) is 23.3 Å². The zero-order chi connectivity index (χ0) is 21.1. The van der Waals surface area contributed by atoms with Gasteiger partial charge in [0.2, 0.25) is 15.9 Å². The van der Waals surface area contributed by atoms with Crippen molar-refractivity contribution in [3.05, 3.63) is 52.0 Å². The van der Waals surface area contributed by atoms with Crippen LogP contribution in [0.25, 0.3) is 0 Å². The zero-order valence-electron chi connectivity index (χ0n) is 16.8. The standard InChI is InChI=1S/C21H26FN3O3S2/c22-18-2-4-19(5-3-18)30(27,28)25-10-1-9-23(13-14-25)11-7-21(26)24-12-6-20-17(16-24)8-15-29-20/h2-5,8,15H,1,6-7,9-14,16H2. The molecular weight excluding hydrogens is 425 g/mol. The van der Waals surface area contributed by atoms with Crippen LogP contribution >= 0.6 is 11.3 Å². The van der Waals surface area contributed by atoms with E-state index in [1.54, 1.807) is 11.3 Å². The lowest BCUT2D eigenvalue weighted by Gasteiger charge is -2.28. The first kappa shape index (κ1) is 21.4. The largest absolute Gasteiger partial charge is 0.338 e. The SMILES string of the molecule is O=C(CCN1CCCN(S(=O)(=O)c2ccc(F)cc2)CC1)N1CCc2sccc2C1. The van der Waals surface area contributed by atoms with E-state index in [4.69, 9.17) is 0 Å². The van der Waals surface area contributed by atoms with Crippen molar-refractivity contribution >= 4 is 27.3 Å². The predicted molar refractivity (Wildman–Crippen MR) is 114 cm³/mol. The number of thiophene rings is 1. The molecule has 9 heteroatoms. The highest BCUT2D eigenvalue weighted by Gasteiger charge is 2.27. The number of hydrogen-bond donors (Lipinski definition) is 0. The Labute approximate surface area is 180 Å². The number of halogens is 1. The molecule has 1 fully saturated rings. The first-order valence-corrected chi connectivity index (χ1v) is 12.6. The van der Waals surface area contributed by atoms with Crippen LogP contribution in [0.4, 0.5) is 4.39 Å². The Morgan fingerprint density at radius 1 is 1.03 bits per heavy atom. The van der Waals surface area contributed by atoms with Crippen molar-refractivity contribution in [2.75, 3.05) is 39.3 Å². The van der Waals surface area contributed by atoms with Crippen LogP contribution in [0.2, 0.25) is 0 Å². The highest BCUT2D eigenvalue weighted by atomic mass is 32.2. The lowest BCUT2D eigenvalue weighted by atomic mass is 10.1. The molecule has 1 aromatic carbocycles. The van der Waals surface area contributed by atoms with Gasteiger partial charge in [-0.15, -0.1) is 11.3 Å². The molecule has 4 rings (SSSR count). The maximum Gasteiger partial charge on any atom is 0.243 e. The molecular formula is C21H26FN3O3S2. The highest BCUT2D eigenvalue weighted by Crippen LogP contribution is 2.24. The molecule has 0 unspecified atom stereocenters. The Morgan fingerprint density at radius 3 is 2.63 bits per heavy atom. The third kappa shape index (κ3) is 4.74. The average Bonchev–Trinajstić information content (AvgIpc) is 3.08. The number of fused-ring (bicyclic) bond motifs is 1. The first-order valence-electron chi connectivity index (χ1n) is 10.2. The molecule has 1 amide bonds. The van der Waals surface area contributed by atoms with Gasteiger partial charge in [-0.1, -0.05) is 0 Å². The topological polar surface area (TPSA) is 60.9 Å². The van der Waals surface area contributed by atoms with E-state index < -0.39 is 15.8 Å². The van der Waals surface area contributed by atoms with Crippen LogP contribution in [-0.4, -0.2) is 67.7 Å². The number of rotatable bonds is 5. The molecule has 0 aliphatic carbocycles. The molecule has 30 heavy (non-hydrogen) atoms. The molecule has 2 aromatic rings. The van der Waals surface area contributed by atoms with Gasteiger partial charge in [0.1, 0.15) is 5.82 Å². The molecule has 2 aliphatic heterocycles. The molecule has 6 nitrogen and oxygen atoms in total. The molecule has 1 saturated heterocycles. The lowest BCUT2D eigenvalue weighted by Crippen LogP contribution is -2.39. The normalized spacial score (nSPS) is 18.8. The van der Waals surface area contributed by atoms with Gasteiger partial charge in [0.25, 0.3) is 0 Å². The monoisotopic (exact) mass is 451 g/mol. The van der Waals surface area contributed by atoms with Crippen LogP contribution in [0.5, 0.6) is 0 Å². The molecule has 162 valence electrons. The van der Waals surface area contributed by atoms with Gasteiger partial charge < -0.3 is 9.80 Å². The fraction of sp³-hybridized carbons (Fsp3) is 0.476. The summed E-state index contributed by atoms with van der Waals surface area (Å²) < 4.78 is 40.3. The van der Waals surface area contributed by atoms with E-state index in [0.717, 1.165) is 19.5 Å². The van der Waals surface area contributed by atoms with E-state index in [1.807, 2.05) is 4.90 Å². The van der Waals surface area contributed by atoms with Crippen LogP contribution in [0.15, 0.2) is 40.6 Å². The Morgan fingerprint density at radius 2 is 1.83 bits per heavy atom. The molecule has 0 radical (unpaired) electrons. The Hall–Kier alpha value is -1.81. The van der Waals surface area contributed by atoms with Gasteiger partial charge >= 0.3 is 0 Å². The Bertz CT molecular complexity index is 991. The number of carbonyl (C=O) groups is 1. The maximum absolute atomic E-state index is 13.1. The minimum atomic E-state index is -3.63. The average molecular weight is 452 g/mol. The molecule has 3 heterocycles. The van der Waals surface area contributed by atoms with Crippen molar-refractivity contribution in [1.29, 1.82) is 0 Å². The maximum atomic E-state index is 13.1. The quantitative estimate of drug-likeness (QED) is 0.701. The van der Waals surface area contributed by atoms with Crippen molar-refractivity contribution in [2.24, 2.45) is 0 Å². The summed E-state index contributed by atoms with van der Waals surface area (Å²) in [5.74, 6) is -0.295. The number of sulfonamides is 1. The minimum Gasteiger partial charge on any atom is -0.338 e. The number of amides is 1. The van der Waals surface area contributed by atoms with E-state index in [9.17, 15) is 17.6 Å². The molecule has 0 atom stereocenters. The minimum absolute atomic E-state index is 0.116. The summed E-state index contributed by atoms with van der Waals surface area (Å²) in [5, 5.41) is 2.08. The fourth-order valence-electron chi connectivity index (χ4n) is 4.04. The third-order valence-electron chi connectivity index (χ3n) is 5.80. The first-order chi connectivity index (χ1) is 14.4. The summed E-state index contributed by atoms with van der Waals surface area (Å²) in [4.78, 5) is 18.3. The second-order valence-electron chi connectivity index (χ2n) is 7.74. The highest BCUT2D eigenvalue weighted by molar-refractivity contribution is 7.89. The summed E-state index contributed by atoms with van der Waals surface area (Å²) in [7, 11) is -3.63. The molecule has 0 bridgehead atoms. The predicted octanol–water partition coefficient (Wildman–Crippen LogP) is 2.56. The van der Waals surface area contributed by atoms with E-state index >= 15 is 0 Å². The van der Waals surface area contributed by atoms with Gasteiger partial charge in [-0.3, -0.25) is 4.79 Å². The van der Waals surface area contributed by atoms with Crippen molar-refractivity contribution in [2.45, 2.75) is 30.7 Å². The summed E-state index contributed by atoms with van der Waals surface area (Å²) in [6, 6.07) is 7.06. The van der Waals surface area contributed by atoms with E-state index in [2.05, 4.69) is 16.3 Å². The molecule has 0 spiro atoms. The number of hydrogen-bond acceptors (Lipinski definition) is 5. The molecule has 0 saturated carbocycles. The van der Waals surface area contributed by atoms with Crippen LogP contribution in [0.3, 0.4) is 0 Å². The van der Waals surface area contributed by atoms with Crippen molar-refractivity contribution in [3.63, 3.8) is 0 Å². The Kier molecular flexibility index (Phi) is 6.52. The number of nitrogens with zero attached hydrogens (tertiary/aromatic N) is 3. The molecule has 2 aliphatic rings. The molecule has 0 N–H and O–H groups in total. The van der Waals surface area contributed by atoms with Gasteiger partial charge in [-0.2, -0.15) is 4.31 Å². The van der Waals surface area contributed by atoms with E-state index in [-0.39, 0.29) is 10.8 Å². The summed E-state index contributed by atoms with van der Waals surface area (Å²) in [6.07, 6.45) is 2.08. The van der Waals surface area contributed by atoms with E-state index in [1.165, 1.54) is 39.0 Å². The van der Waals surface area contributed by atoms with Crippen molar-refractivity contribution in [1.82, 2.24) is 14.1 Å². The van der Waals surface area contributed by atoms with Crippen LogP contribution < -0.4 is 0 Å². The lowest BCUT2D eigenvalue weighted by molar-refractivity contribution is -0.132. The fourth-order valence-corrected chi connectivity index (χ4v) is 6.40. The second kappa shape index (κ2) is 9.13. The zero-order valence-corrected chi connectivity index (χ0v) is 18.4. The second-order valence-corrected chi connectivity index (χ2v) is 10.7. The van der Waals surface area contributed by atoms with Crippen LogP contribution in [0, 0.1) is 5.82 Å². The van der Waals surface area contributed by atoms with Gasteiger partial charge in [0.05, 0.1) is 4.90 Å².